The molecule has 0 saturated carbocycles. The molecule has 0 aliphatic heterocycles. The van der Waals surface area contributed by atoms with E-state index in [0.29, 0.717) is 0 Å². The second-order valence-corrected chi connectivity index (χ2v) is 12.1. The van der Waals surface area contributed by atoms with Crippen molar-refractivity contribution in [3.8, 4) is 22.3 Å². The number of nitrogens with zero attached hydrogens (tertiary/aromatic N) is 1. The first-order valence-electron chi connectivity index (χ1n) is 14.6. The van der Waals surface area contributed by atoms with Crippen molar-refractivity contribution in [1.82, 2.24) is 4.98 Å². The number of thiophene rings is 1. The van der Waals surface area contributed by atoms with Gasteiger partial charge in [-0.3, -0.25) is 0 Å². The Kier molecular flexibility index (Phi) is 5.44. The average Bonchev–Trinajstić information content (AvgIpc) is 3.45. The second-order valence-electron chi connectivity index (χ2n) is 11.1. The lowest BCUT2D eigenvalue weighted by Crippen LogP contribution is -1.92. The molecule has 2 heterocycles. The molecule has 0 N–H and O–H groups in total. The van der Waals surface area contributed by atoms with Crippen LogP contribution in [-0.4, -0.2) is 4.98 Å². The molecule has 8 aromatic rings. The molecule has 1 aliphatic rings. The third-order valence-electron chi connectivity index (χ3n) is 8.74. The van der Waals surface area contributed by atoms with Gasteiger partial charge in [-0.05, 0) is 94.3 Å². The fourth-order valence-corrected chi connectivity index (χ4v) is 7.83. The Morgan fingerprint density at radius 1 is 0.395 bits per heavy atom. The minimum atomic E-state index is 1.09. The van der Waals surface area contributed by atoms with Gasteiger partial charge in [-0.25, -0.2) is 4.98 Å². The molecular weight excluding hydrogens is 539 g/mol. The maximum atomic E-state index is 4.60. The van der Waals surface area contributed by atoms with E-state index in [-0.39, 0.29) is 0 Å². The van der Waals surface area contributed by atoms with Gasteiger partial charge in [0.25, 0.3) is 0 Å². The summed E-state index contributed by atoms with van der Waals surface area (Å²) >= 11 is 1.76. The normalized spacial score (nSPS) is 11.7. The first-order valence-corrected chi connectivity index (χ1v) is 15.4. The minimum absolute atomic E-state index is 1.09. The molecule has 9 rings (SSSR count). The highest BCUT2D eigenvalue weighted by Gasteiger charge is 2.10. The van der Waals surface area contributed by atoms with Crippen LogP contribution in [-0.2, 0) is 0 Å². The Bertz CT molecular complexity index is 2790. The highest BCUT2D eigenvalue weighted by atomic mass is 32.1. The van der Waals surface area contributed by atoms with Crippen molar-refractivity contribution in [1.29, 1.82) is 0 Å². The average molecular weight is 564 g/mol. The van der Waals surface area contributed by atoms with Gasteiger partial charge < -0.3 is 0 Å². The maximum Gasteiger partial charge on any atom is 0.124 e. The van der Waals surface area contributed by atoms with Crippen LogP contribution in [0.15, 0.2) is 152 Å². The molecule has 200 valence electrons. The molecule has 1 nitrogen and oxygen atoms in total. The van der Waals surface area contributed by atoms with Crippen LogP contribution in [0.4, 0.5) is 0 Å². The number of pyridine rings is 1. The molecule has 2 heteroatoms. The number of hydrogen-bond acceptors (Lipinski definition) is 2. The lowest BCUT2D eigenvalue weighted by atomic mass is 9.94. The number of benzene rings is 6. The Balaban J connectivity index is 1.41. The zero-order valence-electron chi connectivity index (χ0n) is 23.3. The largest absolute Gasteiger partial charge is 0.245 e. The molecule has 0 spiro atoms. The van der Waals surface area contributed by atoms with E-state index < -0.39 is 0 Å². The lowest BCUT2D eigenvalue weighted by Gasteiger charge is -2.10. The van der Waals surface area contributed by atoms with Crippen LogP contribution in [0.2, 0.25) is 0 Å². The summed E-state index contributed by atoms with van der Waals surface area (Å²) in [5, 5.41) is 12.6. The zero-order valence-corrected chi connectivity index (χ0v) is 24.1. The van der Waals surface area contributed by atoms with E-state index in [0.717, 1.165) is 4.83 Å². The summed E-state index contributed by atoms with van der Waals surface area (Å²) in [6, 6.07) is 53.4. The third-order valence-corrected chi connectivity index (χ3v) is 9.83. The first-order chi connectivity index (χ1) is 21.3. The van der Waals surface area contributed by atoms with E-state index >= 15 is 0 Å². The molecule has 0 saturated heterocycles. The van der Waals surface area contributed by atoms with Crippen LogP contribution in [0, 0.1) is 41.7 Å². The van der Waals surface area contributed by atoms with Gasteiger partial charge in [0.05, 0.1) is 0 Å². The van der Waals surface area contributed by atoms with E-state index in [1.807, 2.05) is 12.3 Å². The van der Waals surface area contributed by atoms with E-state index in [1.165, 1.54) is 79.5 Å². The standard InChI is InChI=1S/C41H25NS/c1-2-13-31-30(12-1)32-14-3-4-15-34(32)36-19-8-18-29(40(36)35-17-6-5-16-33(31)35)28-11-7-10-26(24-28)27-21-22-39-38(25-27)37-20-9-23-42-41(37)43-39/h1-25H. The molecule has 2 aromatic heterocycles. The van der Waals surface area contributed by atoms with Crippen molar-refractivity contribution in [2.45, 2.75) is 0 Å². The summed E-state index contributed by atoms with van der Waals surface area (Å²) in [5.41, 5.74) is 4.89. The van der Waals surface area contributed by atoms with Crippen LogP contribution in [0.3, 0.4) is 0 Å². The molecule has 43 heavy (non-hydrogen) atoms. The smallest absolute Gasteiger partial charge is 0.124 e. The fraction of sp³-hybridized carbons (Fsp3) is 0. The van der Waals surface area contributed by atoms with Gasteiger partial charge in [0.2, 0.25) is 0 Å². The summed E-state index contributed by atoms with van der Waals surface area (Å²) in [6.45, 7) is 0. The summed E-state index contributed by atoms with van der Waals surface area (Å²) in [7, 11) is 0. The molecule has 1 aliphatic carbocycles. The Hall–Kier alpha value is -5.31. The van der Waals surface area contributed by atoms with Crippen LogP contribution in [0.1, 0.15) is 0 Å². The predicted octanol–water partition coefficient (Wildman–Crippen LogP) is 10.2. The van der Waals surface area contributed by atoms with Gasteiger partial charge in [0, 0.05) is 21.7 Å². The van der Waals surface area contributed by atoms with Crippen LogP contribution in [0.25, 0.3) is 42.6 Å². The Morgan fingerprint density at radius 3 is 1.72 bits per heavy atom. The van der Waals surface area contributed by atoms with Crippen molar-refractivity contribution in [3.63, 3.8) is 0 Å². The van der Waals surface area contributed by atoms with Gasteiger partial charge in [0.1, 0.15) is 4.83 Å². The SMILES string of the molecule is c1cc(-c2ccc3sc4ncccc4c3c2)cc(-c2cccc3c2=c2ccccc2=c2ccccc2=c2ccccc2=3)c1. The highest BCUT2D eigenvalue weighted by Crippen LogP contribution is 2.36. The quantitative estimate of drug-likeness (QED) is 0.204. The minimum Gasteiger partial charge on any atom is -0.245 e. The number of aromatic nitrogens is 1. The zero-order chi connectivity index (χ0) is 28.3. The summed E-state index contributed by atoms with van der Waals surface area (Å²) in [5.74, 6) is 0. The van der Waals surface area contributed by atoms with Gasteiger partial charge in [-0.15, -0.1) is 11.3 Å². The fourth-order valence-electron chi connectivity index (χ4n) is 6.81. The van der Waals surface area contributed by atoms with Crippen molar-refractivity contribution < 1.29 is 0 Å². The van der Waals surface area contributed by atoms with E-state index in [9.17, 15) is 0 Å². The van der Waals surface area contributed by atoms with Crippen molar-refractivity contribution in [3.05, 3.63) is 194 Å². The van der Waals surface area contributed by atoms with E-state index in [2.05, 4.69) is 145 Å². The Morgan fingerprint density at radius 2 is 0.977 bits per heavy atom. The molecule has 0 fully saturated rings. The Labute approximate surface area is 251 Å². The molecule has 0 atom stereocenters. The van der Waals surface area contributed by atoms with Crippen molar-refractivity contribution in [2.75, 3.05) is 0 Å². The molecule has 6 aromatic carbocycles. The summed E-state index contributed by atoms with van der Waals surface area (Å²) < 4.78 is 1.27. The van der Waals surface area contributed by atoms with E-state index in [4.69, 9.17) is 0 Å². The second kappa shape index (κ2) is 9.62. The molecule has 0 unspecified atom stereocenters. The monoisotopic (exact) mass is 563 g/mol. The third kappa shape index (κ3) is 3.81. The van der Waals surface area contributed by atoms with Crippen LogP contribution >= 0.6 is 11.3 Å². The number of fused-ring (bicyclic) bond motifs is 7. The molecular formula is C41H25NS. The molecule has 0 amide bonds. The summed E-state index contributed by atoms with van der Waals surface area (Å²) in [4.78, 5) is 5.69. The van der Waals surface area contributed by atoms with Gasteiger partial charge in [0.15, 0.2) is 0 Å². The highest BCUT2D eigenvalue weighted by molar-refractivity contribution is 7.25. The van der Waals surface area contributed by atoms with E-state index in [1.54, 1.807) is 11.3 Å². The topological polar surface area (TPSA) is 12.9 Å². The summed E-state index contributed by atoms with van der Waals surface area (Å²) in [6.07, 6.45) is 1.88. The van der Waals surface area contributed by atoms with Gasteiger partial charge >= 0.3 is 0 Å². The first kappa shape index (κ1) is 24.3. The number of hydrogen-bond donors (Lipinski definition) is 0. The maximum absolute atomic E-state index is 4.60. The van der Waals surface area contributed by atoms with Gasteiger partial charge in [-0.1, -0.05) is 115 Å². The molecule has 0 radical (unpaired) electrons. The van der Waals surface area contributed by atoms with Crippen molar-refractivity contribution >= 4 is 31.6 Å². The lowest BCUT2D eigenvalue weighted by molar-refractivity contribution is 1.29. The predicted molar refractivity (Wildman–Crippen MR) is 178 cm³/mol. The van der Waals surface area contributed by atoms with Gasteiger partial charge in [-0.2, -0.15) is 0 Å². The molecule has 0 bridgehead atoms. The number of rotatable bonds is 2. The van der Waals surface area contributed by atoms with Crippen molar-refractivity contribution in [2.24, 2.45) is 0 Å². The van der Waals surface area contributed by atoms with Crippen LogP contribution in [0.5, 0.6) is 0 Å². The van der Waals surface area contributed by atoms with Crippen LogP contribution < -0.4 is 0 Å².